The molecule has 3 N–H and O–H groups in total. The summed E-state index contributed by atoms with van der Waals surface area (Å²) in [5.41, 5.74) is 5.70. The maximum atomic E-state index is 9.10. The summed E-state index contributed by atoms with van der Waals surface area (Å²) < 4.78 is 1.52. The van der Waals surface area contributed by atoms with Gasteiger partial charge in [-0.05, 0) is 0 Å². The fourth-order valence-electron chi connectivity index (χ4n) is 0.639. The van der Waals surface area contributed by atoms with Gasteiger partial charge in [-0.2, -0.15) is 0 Å². The molecule has 56 valence electrons. The molecule has 0 saturated heterocycles. The van der Waals surface area contributed by atoms with Gasteiger partial charge in [0.25, 0.3) is 0 Å². The van der Waals surface area contributed by atoms with Gasteiger partial charge in [-0.1, -0.05) is 5.21 Å². The summed E-state index contributed by atoms with van der Waals surface area (Å²) in [6.07, 6.45) is 0.950. The molecule has 0 radical (unpaired) electrons. The predicted octanol–water partition coefficient (Wildman–Crippen LogP) is -1.19. The molecule has 1 aromatic heterocycles. The van der Waals surface area contributed by atoms with E-state index in [1.807, 2.05) is 0 Å². The van der Waals surface area contributed by atoms with Crippen LogP contribution in [-0.4, -0.2) is 26.6 Å². The van der Waals surface area contributed by atoms with Crippen LogP contribution in [0.5, 0.6) is 0 Å². The van der Waals surface area contributed by atoms with Gasteiger partial charge in [-0.25, -0.2) is 0 Å². The number of hydrogen-bond donors (Lipinski definition) is 2. The van der Waals surface area contributed by atoms with Crippen molar-refractivity contribution >= 4 is 0 Å². The first-order valence-electron chi connectivity index (χ1n) is 2.98. The molecular weight excluding hydrogens is 132 g/mol. The molecular formula is C5H10N4O. The molecule has 0 aromatic carbocycles. The molecule has 5 nitrogen and oxygen atoms in total. The van der Waals surface area contributed by atoms with Gasteiger partial charge < -0.3 is 10.8 Å². The number of nitrogens with two attached hydrogens (primary N) is 1. The zero-order valence-electron chi connectivity index (χ0n) is 5.73. The molecule has 0 amide bonds. The molecule has 1 aromatic rings. The Morgan fingerprint density at radius 2 is 2.60 bits per heavy atom. The van der Waals surface area contributed by atoms with E-state index in [9.17, 15) is 0 Å². The molecule has 0 aliphatic rings. The lowest BCUT2D eigenvalue weighted by atomic mass is 10.3. The van der Waals surface area contributed by atoms with E-state index in [1.165, 1.54) is 4.68 Å². The first-order chi connectivity index (χ1) is 4.74. The highest BCUT2D eigenvalue weighted by molar-refractivity contribution is 4.96. The Bertz CT molecular complexity index is 209. The predicted molar refractivity (Wildman–Crippen MR) is 35.0 cm³/mol. The maximum Gasteiger partial charge on any atom is 0.112 e. The largest absolute Gasteiger partial charge is 0.385 e. The summed E-state index contributed by atoms with van der Waals surface area (Å²) in [6.45, 7) is 0.179. The van der Waals surface area contributed by atoms with E-state index in [1.54, 1.807) is 13.2 Å². The first-order valence-corrected chi connectivity index (χ1v) is 2.98. The highest BCUT2D eigenvalue weighted by atomic mass is 16.3. The highest BCUT2D eigenvalue weighted by Gasteiger charge is 2.07. The number of aromatic nitrogens is 3. The van der Waals surface area contributed by atoms with Crippen LogP contribution < -0.4 is 5.73 Å². The van der Waals surface area contributed by atoms with E-state index in [2.05, 4.69) is 10.3 Å². The van der Waals surface area contributed by atoms with Crippen molar-refractivity contribution in [3.63, 3.8) is 0 Å². The fourth-order valence-corrected chi connectivity index (χ4v) is 0.639. The lowest BCUT2D eigenvalue weighted by molar-refractivity contribution is 0.181. The van der Waals surface area contributed by atoms with Gasteiger partial charge in [0, 0.05) is 13.6 Å². The summed E-state index contributed by atoms with van der Waals surface area (Å²) in [5, 5.41) is 16.4. The van der Waals surface area contributed by atoms with Crippen LogP contribution in [0.1, 0.15) is 11.8 Å². The SMILES string of the molecule is Cn1cc([C@@H](O)CN)nn1. The molecule has 0 fully saturated rings. The number of aliphatic hydroxyl groups excluding tert-OH is 1. The van der Waals surface area contributed by atoms with Crippen LogP contribution in [0.4, 0.5) is 0 Å². The van der Waals surface area contributed by atoms with Gasteiger partial charge in [0.05, 0.1) is 6.20 Å². The van der Waals surface area contributed by atoms with Crippen LogP contribution in [0.25, 0.3) is 0 Å². The third-order valence-electron chi connectivity index (χ3n) is 1.19. The highest BCUT2D eigenvalue weighted by Crippen LogP contribution is 2.04. The number of aliphatic hydroxyl groups is 1. The monoisotopic (exact) mass is 142 g/mol. The van der Waals surface area contributed by atoms with Gasteiger partial charge in [-0.3, -0.25) is 4.68 Å². The van der Waals surface area contributed by atoms with Gasteiger partial charge >= 0.3 is 0 Å². The molecule has 1 rings (SSSR count). The molecule has 0 aliphatic carbocycles. The van der Waals surface area contributed by atoms with Crippen LogP contribution in [0.3, 0.4) is 0 Å². The number of hydrogen-bond acceptors (Lipinski definition) is 4. The Kier molecular flexibility index (Phi) is 1.98. The maximum absolute atomic E-state index is 9.10. The summed E-state index contributed by atoms with van der Waals surface area (Å²) in [6, 6.07) is 0. The smallest absolute Gasteiger partial charge is 0.112 e. The first kappa shape index (κ1) is 7.17. The van der Waals surface area contributed by atoms with Crippen LogP contribution in [0.2, 0.25) is 0 Å². The summed E-state index contributed by atoms with van der Waals surface area (Å²) in [4.78, 5) is 0. The Morgan fingerprint density at radius 3 is 3.00 bits per heavy atom. The molecule has 1 heterocycles. The lowest BCUT2D eigenvalue weighted by Crippen LogP contribution is -2.11. The molecule has 0 saturated carbocycles. The standard InChI is InChI=1S/C5H10N4O/c1-9-3-4(7-8-9)5(10)2-6/h3,5,10H,2,6H2,1H3/t5-/m0/s1. The normalized spacial score (nSPS) is 13.5. The minimum Gasteiger partial charge on any atom is -0.385 e. The van der Waals surface area contributed by atoms with Gasteiger partial charge in [-0.15, -0.1) is 5.10 Å². The summed E-state index contributed by atoms with van der Waals surface area (Å²) in [5.74, 6) is 0. The van der Waals surface area contributed by atoms with Crippen LogP contribution in [0.15, 0.2) is 6.20 Å². The van der Waals surface area contributed by atoms with Crippen molar-refractivity contribution in [1.82, 2.24) is 15.0 Å². The van der Waals surface area contributed by atoms with Crippen LogP contribution >= 0.6 is 0 Å². The van der Waals surface area contributed by atoms with E-state index >= 15 is 0 Å². The zero-order chi connectivity index (χ0) is 7.56. The molecule has 10 heavy (non-hydrogen) atoms. The summed E-state index contributed by atoms with van der Waals surface area (Å²) >= 11 is 0. The van der Waals surface area contributed by atoms with E-state index in [0.29, 0.717) is 5.69 Å². The van der Waals surface area contributed by atoms with E-state index in [4.69, 9.17) is 10.8 Å². The second-order valence-electron chi connectivity index (χ2n) is 2.07. The average molecular weight is 142 g/mol. The Morgan fingerprint density at radius 1 is 1.90 bits per heavy atom. The second-order valence-corrected chi connectivity index (χ2v) is 2.07. The van der Waals surface area contributed by atoms with Crippen molar-refractivity contribution in [2.45, 2.75) is 6.10 Å². The van der Waals surface area contributed by atoms with Crippen LogP contribution in [0, 0.1) is 0 Å². The van der Waals surface area contributed by atoms with Crippen molar-refractivity contribution in [2.75, 3.05) is 6.54 Å². The Balaban J connectivity index is 2.74. The Labute approximate surface area is 58.5 Å². The van der Waals surface area contributed by atoms with Crippen molar-refractivity contribution in [1.29, 1.82) is 0 Å². The topological polar surface area (TPSA) is 77.0 Å². The van der Waals surface area contributed by atoms with Gasteiger partial charge in [0.2, 0.25) is 0 Å². The molecule has 0 spiro atoms. The molecule has 1 atom stereocenters. The van der Waals surface area contributed by atoms with Gasteiger partial charge in [0.1, 0.15) is 11.8 Å². The lowest BCUT2D eigenvalue weighted by Gasteiger charge is -1.99. The van der Waals surface area contributed by atoms with E-state index in [0.717, 1.165) is 0 Å². The second kappa shape index (κ2) is 2.76. The number of aryl methyl sites for hydroxylation is 1. The van der Waals surface area contributed by atoms with Crippen molar-refractivity contribution in [3.8, 4) is 0 Å². The van der Waals surface area contributed by atoms with Gasteiger partial charge in [0.15, 0.2) is 0 Å². The van der Waals surface area contributed by atoms with Crippen LogP contribution in [-0.2, 0) is 7.05 Å². The molecule has 0 aliphatic heterocycles. The van der Waals surface area contributed by atoms with Crippen molar-refractivity contribution in [3.05, 3.63) is 11.9 Å². The average Bonchev–Trinajstić information content (AvgIpc) is 2.34. The molecule has 0 unspecified atom stereocenters. The Hall–Kier alpha value is -0.940. The minimum atomic E-state index is -0.686. The third kappa shape index (κ3) is 1.31. The molecule has 0 bridgehead atoms. The fraction of sp³-hybridized carbons (Fsp3) is 0.600. The minimum absolute atomic E-state index is 0.179. The van der Waals surface area contributed by atoms with E-state index in [-0.39, 0.29) is 6.54 Å². The number of rotatable bonds is 2. The zero-order valence-corrected chi connectivity index (χ0v) is 5.73. The summed E-state index contributed by atoms with van der Waals surface area (Å²) in [7, 11) is 1.74. The van der Waals surface area contributed by atoms with Crippen molar-refractivity contribution in [2.24, 2.45) is 12.8 Å². The number of nitrogens with zero attached hydrogens (tertiary/aromatic N) is 3. The third-order valence-corrected chi connectivity index (χ3v) is 1.19. The quantitative estimate of drug-likeness (QED) is 0.544. The molecule has 5 heteroatoms. The van der Waals surface area contributed by atoms with E-state index < -0.39 is 6.10 Å². The van der Waals surface area contributed by atoms with Crippen molar-refractivity contribution < 1.29 is 5.11 Å².